The molecule has 106 valence electrons. The second-order valence-electron chi connectivity index (χ2n) is 4.48. The Bertz CT molecular complexity index is 440. The predicted molar refractivity (Wildman–Crippen MR) is 72.6 cm³/mol. The molecule has 2 amide bonds. The van der Waals surface area contributed by atoms with Gasteiger partial charge in [0, 0.05) is 25.2 Å². The van der Waals surface area contributed by atoms with Crippen LogP contribution in [0.3, 0.4) is 0 Å². The number of hydrogen-bond donors (Lipinski definition) is 2. The summed E-state index contributed by atoms with van der Waals surface area (Å²) in [5, 5.41) is 9.64. The zero-order valence-corrected chi connectivity index (χ0v) is 11.8. The van der Waals surface area contributed by atoms with Crippen LogP contribution >= 0.6 is 0 Å². The molecule has 0 radical (unpaired) electrons. The lowest BCUT2D eigenvalue weighted by Gasteiger charge is -2.07. The number of carbonyl (C=O) groups is 2. The zero-order valence-electron chi connectivity index (χ0n) is 11.8. The van der Waals surface area contributed by atoms with Gasteiger partial charge >= 0.3 is 0 Å². The number of rotatable bonds is 7. The van der Waals surface area contributed by atoms with Gasteiger partial charge in [0.05, 0.1) is 12.2 Å². The third kappa shape index (κ3) is 5.54. The van der Waals surface area contributed by atoms with E-state index in [0.717, 1.165) is 24.4 Å². The molecular formula is C13H22N4O2. The average molecular weight is 266 g/mol. The van der Waals surface area contributed by atoms with Gasteiger partial charge in [-0.15, -0.1) is 0 Å². The maximum absolute atomic E-state index is 11.4. The highest BCUT2D eigenvalue weighted by Gasteiger charge is 2.04. The van der Waals surface area contributed by atoms with Gasteiger partial charge in [-0.05, 0) is 26.3 Å². The van der Waals surface area contributed by atoms with Gasteiger partial charge in [0.1, 0.15) is 0 Å². The summed E-state index contributed by atoms with van der Waals surface area (Å²) in [6, 6.07) is 2.03. The SMILES string of the molecule is CCC(=O)NCC(=O)NCCCn1nc(C)cc1C. The number of hydrogen-bond acceptors (Lipinski definition) is 3. The third-order valence-corrected chi connectivity index (χ3v) is 2.74. The van der Waals surface area contributed by atoms with E-state index in [9.17, 15) is 9.59 Å². The fourth-order valence-corrected chi connectivity index (χ4v) is 1.72. The van der Waals surface area contributed by atoms with Gasteiger partial charge in [0.2, 0.25) is 11.8 Å². The first-order valence-electron chi connectivity index (χ1n) is 6.57. The average Bonchev–Trinajstić information content (AvgIpc) is 2.70. The fourth-order valence-electron chi connectivity index (χ4n) is 1.72. The molecule has 0 spiro atoms. The lowest BCUT2D eigenvalue weighted by molar-refractivity contribution is -0.125. The molecule has 0 saturated heterocycles. The summed E-state index contributed by atoms with van der Waals surface area (Å²) in [5.74, 6) is -0.270. The normalized spacial score (nSPS) is 10.3. The summed E-state index contributed by atoms with van der Waals surface area (Å²) in [6.07, 6.45) is 1.21. The number of carbonyl (C=O) groups excluding carboxylic acids is 2. The molecule has 0 aliphatic rings. The van der Waals surface area contributed by atoms with Crippen LogP contribution in [0.1, 0.15) is 31.2 Å². The van der Waals surface area contributed by atoms with Crippen LogP contribution in [0.5, 0.6) is 0 Å². The Kier molecular flexibility index (Phi) is 6.05. The number of amides is 2. The molecule has 0 aromatic carbocycles. The van der Waals surface area contributed by atoms with Crippen molar-refractivity contribution < 1.29 is 9.59 Å². The van der Waals surface area contributed by atoms with Gasteiger partial charge in [0.25, 0.3) is 0 Å². The first-order valence-corrected chi connectivity index (χ1v) is 6.57. The van der Waals surface area contributed by atoms with Crippen LogP contribution in [0.15, 0.2) is 6.07 Å². The van der Waals surface area contributed by atoms with Gasteiger partial charge in [-0.25, -0.2) is 0 Å². The van der Waals surface area contributed by atoms with Crippen molar-refractivity contribution in [3.05, 3.63) is 17.5 Å². The van der Waals surface area contributed by atoms with Gasteiger partial charge < -0.3 is 10.6 Å². The number of aryl methyl sites for hydroxylation is 3. The van der Waals surface area contributed by atoms with Gasteiger partial charge in [-0.3, -0.25) is 14.3 Å². The van der Waals surface area contributed by atoms with Crippen LogP contribution in [0, 0.1) is 13.8 Å². The summed E-state index contributed by atoms with van der Waals surface area (Å²) >= 11 is 0. The molecule has 0 saturated carbocycles. The van der Waals surface area contributed by atoms with Gasteiger partial charge in [0.15, 0.2) is 0 Å². The van der Waals surface area contributed by atoms with E-state index in [-0.39, 0.29) is 18.4 Å². The van der Waals surface area contributed by atoms with E-state index in [2.05, 4.69) is 15.7 Å². The van der Waals surface area contributed by atoms with Gasteiger partial charge in [-0.2, -0.15) is 5.10 Å². The second-order valence-corrected chi connectivity index (χ2v) is 4.48. The Labute approximate surface area is 113 Å². The van der Waals surface area contributed by atoms with Crippen LogP contribution in [0.4, 0.5) is 0 Å². The molecule has 0 aliphatic heterocycles. The highest BCUT2D eigenvalue weighted by atomic mass is 16.2. The highest BCUT2D eigenvalue weighted by molar-refractivity contribution is 5.84. The lowest BCUT2D eigenvalue weighted by atomic mass is 10.3. The molecule has 0 aliphatic carbocycles. The predicted octanol–water partition coefficient (Wildman–Crippen LogP) is 0.532. The molecule has 0 bridgehead atoms. The second kappa shape index (κ2) is 7.56. The minimum Gasteiger partial charge on any atom is -0.355 e. The van der Waals surface area contributed by atoms with Crippen molar-refractivity contribution in [3.8, 4) is 0 Å². The van der Waals surface area contributed by atoms with Crippen LogP contribution < -0.4 is 10.6 Å². The van der Waals surface area contributed by atoms with Crippen molar-refractivity contribution in [1.29, 1.82) is 0 Å². The number of nitrogens with one attached hydrogen (secondary N) is 2. The summed E-state index contributed by atoms with van der Waals surface area (Å²) in [4.78, 5) is 22.4. The maximum Gasteiger partial charge on any atom is 0.239 e. The highest BCUT2D eigenvalue weighted by Crippen LogP contribution is 2.01. The van der Waals surface area contributed by atoms with E-state index in [0.29, 0.717) is 13.0 Å². The number of nitrogens with zero attached hydrogens (tertiary/aromatic N) is 2. The smallest absolute Gasteiger partial charge is 0.239 e. The van der Waals surface area contributed by atoms with Crippen LogP contribution in [-0.2, 0) is 16.1 Å². The van der Waals surface area contributed by atoms with Crippen molar-refractivity contribution >= 4 is 11.8 Å². The molecular weight excluding hydrogens is 244 g/mol. The molecule has 6 heteroatoms. The van der Waals surface area contributed by atoms with Crippen molar-refractivity contribution in [2.24, 2.45) is 0 Å². The first kappa shape index (κ1) is 15.2. The minimum absolute atomic E-state index is 0.0482. The molecule has 6 nitrogen and oxygen atoms in total. The lowest BCUT2D eigenvalue weighted by Crippen LogP contribution is -2.37. The van der Waals surface area contributed by atoms with Crippen LogP contribution in [-0.4, -0.2) is 34.7 Å². The number of aromatic nitrogens is 2. The standard InChI is InChI=1S/C13H22N4O2/c1-4-12(18)15-9-13(19)14-6-5-7-17-11(3)8-10(2)16-17/h8H,4-7,9H2,1-3H3,(H,14,19)(H,15,18). The molecule has 19 heavy (non-hydrogen) atoms. The molecule has 1 aromatic heterocycles. The van der Waals surface area contributed by atoms with Crippen LogP contribution in [0.25, 0.3) is 0 Å². The van der Waals surface area contributed by atoms with Crippen molar-refractivity contribution in [2.75, 3.05) is 13.1 Å². The zero-order chi connectivity index (χ0) is 14.3. The Balaban J connectivity index is 2.15. The largest absolute Gasteiger partial charge is 0.355 e. The van der Waals surface area contributed by atoms with E-state index < -0.39 is 0 Å². The van der Waals surface area contributed by atoms with Gasteiger partial charge in [-0.1, -0.05) is 6.92 Å². The van der Waals surface area contributed by atoms with E-state index in [4.69, 9.17) is 0 Å². The molecule has 1 rings (SSSR count). The molecule has 0 fully saturated rings. The Morgan fingerprint density at radius 3 is 2.58 bits per heavy atom. The van der Waals surface area contributed by atoms with Crippen molar-refractivity contribution in [1.82, 2.24) is 20.4 Å². The van der Waals surface area contributed by atoms with E-state index in [1.807, 2.05) is 24.6 Å². The van der Waals surface area contributed by atoms with E-state index >= 15 is 0 Å². The topological polar surface area (TPSA) is 76.0 Å². The monoisotopic (exact) mass is 266 g/mol. The maximum atomic E-state index is 11.4. The Morgan fingerprint density at radius 2 is 2.00 bits per heavy atom. The summed E-state index contributed by atoms with van der Waals surface area (Å²) in [7, 11) is 0. The Morgan fingerprint density at radius 1 is 1.26 bits per heavy atom. The molecule has 1 aromatic rings. The van der Waals surface area contributed by atoms with Crippen molar-refractivity contribution in [2.45, 2.75) is 40.2 Å². The van der Waals surface area contributed by atoms with Crippen molar-refractivity contribution in [3.63, 3.8) is 0 Å². The third-order valence-electron chi connectivity index (χ3n) is 2.74. The first-order chi connectivity index (χ1) is 9.02. The quantitative estimate of drug-likeness (QED) is 0.707. The molecule has 1 heterocycles. The Hall–Kier alpha value is -1.85. The summed E-state index contributed by atoms with van der Waals surface area (Å²) in [5.41, 5.74) is 2.13. The summed E-state index contributed by atoms with van der Waals surface area (Å²) < 4.78 is 1.93. The molecule has 0 unspecified atom stereocenters. The molecule has 2 N–H and O–H groups in total. The summed E-state index contributed by atoms with van der Waals surface area (Å²) in [6.45, 7) is 7.13. The minimum atomic E-state index is -0.157. The van der Waals surface area contributed by atoms with E-state index in [1.54, 1.807) is 6.92 Å². The van der Waals surface area contributed by atoms with Crippen LogP contribution in [0.2, 0.25) is 0 Å². The van der Waals surface area contributed by atoms with E-state index in [1.165, 1.54) is 0 Å². The fraction of sp³-hybridized carbons (Fsp3) is 0.615. The molecule has 0 atom stereocenters.